The van der Waals surface area contributed by atoms with E-state index in [1.54, 1.807) is 23.6 Å². The summed E-state index contributed by atoms with van der Waals surface area (Å²) in [4.78, 5) is 14.2. The summed E-state index contributed by atoms with van der Waals surface area (Å²) in [5, 5.41) is 4.39. The Labute approximate surface area is 118 Å². The van der Waals surface area contributed by atoms with Crippen molar-refractivity contribution in [1.82, 2.24) is 9.78 Å². The molecule has 0 N–H and O–H groups in total. The average molecular weight is 283 g/mol. The molecule has 0 saturated carbocycles. The van der Waals surface area contributed by atoms with Crippen LogP contribution in [0, 0.1) is 6.92 Å². The highest BCUT2D eigenvalue weighted by molar-refractivity contribution is 8.00. The van der Waals surface area contributed by atoms with Gasteiger partial charge in [0.15, 0.2) is 0 Å². The van der Waals surface area contributed by atoms with Crippen LogP contribution >= 0.6 is 11.8 Å². The lowest BCUT2D eigenvalue weighted by molar-refractivity contribution is -0.116. The third-order valence-corrected chi connectivity index (χ3v) is 4.59. The first kappa shape index (κ1) is 14.4. The molecule has 1 atom stereocenters. The van der Waals surface area contributed by atoms with Gasteiger partial charge in [-0.1, -0.05) is 0 Å². The second-order valence-electron chi connectivity index (χ2n) is 4.75. The van der Waals surface area contributed by atoms with Crippen molar-refractivity contribution < 1.29 is 9.53 Å². The van der Waals surface area contributed by atoms with Gasteiger partial charge in [0.05, 0.1) is 10.9 Å². The zero-order valence-corrected chi connectivity index (χ0v) is 12.6. The SMILES string of the molecule is COCCCS[C@H]1CCN(c2cc(C)nn2C)C1=O. The average Bonchev–Trinajstić information content (AvgIpc) is 2.88. The molecule has 5 nitrogen and oxygen atoms in total. The molecule has 1 amide bonds. The number of rotatable bonds is 6. The van der Waals surface area contributed by atoms with E-state index >= 15 is 0 Å². The third-order valence-electron chi connectivity index (χ3n) is 3.22. The minimum atomic E-state index is 0.0899. The van der Waals surface area contributed by atoms with E-state index in [2.05, 4.69) is 5.10 Å². The topological polar surface area (TPSA) is 47.4 Å². The molecule has 0 aliphatic carbocycles. The van der Waals surface area contributed by atoms with E-state index in [1.807, 2.05) is 24.9 Å². The molecule has 1 saturated heterocycles. The van der Waals surface area contributed by atoms with E-state index in [-0.39, 0.29) is 11.2 Å². The van der Waals surface area contributed by atoms with Crippen LogP contribution in [0.2, 0.25) is 0 Å². The zero-order chi connectivity index (χ0) is 13.8. The van der Waals surface area contributed by atoms with Gasteiger partial charge in [0.25, 0.3) is 0 Å². The number of methoxy groups -OCH3 is 1. The minimum Gasteiger partial charge on any atom is -0.385 e. The summed E-state index contributed by atoms with van der Waals surface area (Å²) in [7, 11) is 3.59. The molecule has 1 fully saturated rings. The number of nitrogens with zero attached hydrogens (tertiary/aromatic N) is 3. The fourth-order valence-corrected chi connectivity index (χ4v) is 3.43. The Morgan fingerprint density at radius 3 is 3.00 bits per heavy atom. The van der Waals surface area contributed by atoms with Crippen molar-refractivity contribution in [2.75, 3.05) is 30.9 Å². The summed E-state index contributed by atoms with van der Waals surface area (Å²) in [5.41, 5.74) is 0.946. The molecular formula is C13H21N3O2S. The Kier molecular flexibility index (Phi) is 4.87. The van der Waals surface area contributed by atoms with Crippen LogP contribution in [-0.4, -0.2) is 47.0 Å². The first-order valence-electron chi connectivity index (χ1n) is 6.56. The Morgan fingerprint density at radius 1 is 1.58 bits per heavy atom. The summed E-state index contributed by atoms with van der Waals surface area (Å²) >= 11 is 1.74. The molecular weight excluding hydrogens is 262 g/mol. The Bertz CT molecular complexity index is 447. The van der Waals surface area contributed by atoms with Gasteiger partial charge >= 0.3 is 0 Å². The maximum Gasteiger partial charge on any atom is 0.241 e. The van der Waals surface area contributed by atoms with Crippen molar-refractivity contribution in [1.29, 1.82) is 0 Å². The molecule has 0 spiro atoms. The zero-order valence-electron chi connectivity index (χ0n) is 11.8. The highest BCUT2D eigenvalue weighted by atomic mass is 32.2. The van der Waals surface area contributed by atoms with Gasteiger partial charge in [0, 0.05) is 33.4 Å². The monoisotopic (exact) mass is 283 g/mol. The second kappa shape index (κ2) is 6.43. The molecule has 1 aliphatic heterocycles. The second-order valence-corrected chi connectivity index (χ2v) is 6.06. The summed E-state index contributed by atoms with van der Waals surface area (Å²) in [6, 6.07) is 1.97. The van der Waals surface area contributed by atoms with Crippen LogP contribution in [0.5, 0.6) is 0 Å². The molecule has 1 aliphatic rings. The summed E-state index contributed by atoms with van der Waals surface area (Å²) in [6.45, 7) is 3.50. The van der Waals surface area contributed by atoms with Crippen LogP contribution in [0.15, 0.2) is 6.07 Å². The van der Waals surface area contributed by atoms with Crippen molar-refractivity contribution >= 4 is 23.5 Å². The quantitative estimate of drug-likeness (QED) is 0.744. The van der Waals surface area contributed by atoms with E-state index < -0.39 is 0 Å². The van der Waals surface area contributed by atoms with E-state index in [0.717, 1.165) is 43.3 Å². The molecule has 0 aromatic carbocycles. The van der Waals surface area contributed by atoms with Crippen LogP contribution in [-0.2, 0) is 16.6 Å². The molecule has 2 rings (SSSR count). The van der Waals surface area contributed by atoms with Crippen molar-refractivity contribution in [2.45, 2.75) is 25.0 Å². The molecule has 106 valence electrons. The molecule has 0 radical (unpaired) electrons. The number of carbonyl (C=O) groups is 1. The van der Waals surface area contributed by atoms with Crippen LogP contribution in [0.1, 0.15) is 18.5 Å². The van der Waals surface area contributed by atoms with Gasteiger partial charge in [-0.15, -0.1) is 11.8 Å². The lowest BCUT2D eigenvalue weighted by atomic mass is 10.4. The molecule has 0 bridgehead atoms. The van der Waals surface area contributed by atoms with Gasteiger partial charge in [-0.05, 0) is 25.5 Å². The lowest BCUT2D eigenvalue weighted by Gasteiger charge is -2.16. The number of carbonyl (C=O) groups excluding carboxylic acids is 1. The molecule has 19 heavy (non-hydrogen) atoms. The predicted octanol–water partition coefficient (Wildman–Crippen LogP) is 1.60. The summed E-state index contributed by atoms with van der Waals surface area (Å²) in [5.74, 6) is 2.09. The molecule has 1 aromatic rings. The van der Waals surface area contributed by atoms with Gasteiger partial charge in [-0.25, -0.2) is 0 Å². The number of anilines is 1. The molecule has 1 aromatic heterocycles. The Balaban J connectivity index is 1.92. The van der Waals surface area contributed by atoms with Crippen LogP contribution < -0.4 is 4.90 Å². The summed E-state index contributed by atoms with van der Waals surface area (Å²) < 4.78 is 6.80. The maximum atomic E-state index is 12.4. The number of hydrogen-bond donors (Lipinski definition) is 0. The van der Waals surface area contributed by atoms with E-state index in [1.165, 1.54) is 0 Å². The number of aryl methyl sites for hydroxylation is 2. The molecule has 6 heteroatoms. The van der Waals surface area contributed by atoms with Gasteiger partial charge in [-0.3, -0.25) is 14.4 Å². The van der Waals surface area contributed by atoms with E-state index in [4.69, 9.17) is 4.74 Å². The fraction of sp³-hybridized carbons (Fsp3) is 0.692. The first-order valence-corrected chi connectivity index (χ1v) is 7.61. The third kappa shape index (κ3) is 3.30. The number of amides is 1. The number of aromatic nitrogens is 2. The summed E-state index contributed by atoms with van der Waals surface area (Å²) in [6.07, 6.45) is 1.91. The van der Waals surface area contributed by atoms with Crippen molar-refractivity contribution in [3.05, 3.63) is 11.8 Å². The molecule has 0 unspecified atom stereocenters. The van der Waals surface area contributed by atoms with Gasteiger partial charge in [0.2, 0.25) is 5.91 Å². The standard InChI is InChI=1S/C13H21N3O2S/c1-10-9-12(15(2)14-10)16-6-5-11(13(16)17)19-8-4-7-18-3/h9,11H,4-8H2,1-3H3/t11-/m0/s1. The van der Waals surface area contributed by atoms with Gasteiger partial charge in [0.1, 0.15) is 5.82 Å². The highest BCUT2D eigenvalue weighted by Gasteiger charge is 2.34. The maximum absolute atomic E-state index is 12.4. The van der Waals surface area contributed by atoms with E-state index in [9.17, 15) is 4.79 Å². The number of hydrogen-bond acceptors (Lipinski definition) is 4. The Hall–Kier alpha value is -1.01. The van der Waals surface area contributed by atoms with Crippen LogP contribution in [0.4, 0.5) is 5.82 Å². The van der Waals surface area contributed by atoms with Crippen molar-refractivity contribution in [3.8, 4) is 0 Å². The van der Waals surface area contributed by atoms with Crippen molar-refractivity contribution in [3.63, 3.8) is 0 Å². The number of ether oxygens (including phenoxy) is 1. The predicted molar refractivity (Wildman–Crippen MR) is 77.7 cm³/mol. The van der Waals surface area contributed by atoms with Crippen LogP contribution in [0.25, 0.3) is 0 Å². The van der Waals surface area contributed by atoms with E-state index in [0.29, 0.717) is 0 Å². The largest absolute Gasteiger partial charge is 0.385 e. The fourth-order valence-electron chi connectivity index (χ4n) is 2.31. The highest BCUT2D eigenvalue weighted by Crippen LogP contribution is 2.28. The Morgan fingerprint density at radius 2 is 2.37 bits per heavy atom. The van der Waals surface area contributed by atoms with Gasteiger partial charge < -0.3 is 4.74 Å². The minimum absolute atomic E-state index is 0.0899. The first-order chi connectivity index (χ1) is 9.13. The van der Waals surface area contributed by atoms with Crippen molar-refractivity contribution in [2.24, 2.45) is 7.05 Å². The smallest absolute Gasteiger partial charge is 0.241 e. The lowest BCUT2D eigenvalue weighted by Crippen LogP contribution is -2.29. The molecule has 2 heterocycles. The van der Waals surface area contributed by atoms with Crippen LogP contribution in [0.3, 0.4) is 0 Å². The normalized spacial score (nSPS) is 19.4. The number of thioether (sulfide) groups is 1. The van der Waals surface area contributed by atoms with Gasteiger partial charge in [-0.2, -0.15) is 5.10 Å².